The molecule has 0 amide bonds. The van der Waals surface area contributed by atoms with Gasteiger partial charge in [0.25, 0.3) is 0 Å². The smallest absolute Gasteiger partial charge is 0.188 e. The first kappa shape index (κ1) is 14.6. The predicted molar refractivity (Wildman–Crippen MR) is 80.4 cm³/mol. The van der Waals surface area contributed by atoms with Crippen molar-refractivity contribution in [2.75, 3.05) is 46.3 Å². The molecule has 0 aromatic carbocycles. The molecular formula is C14H29N5. The van der Waals surface area contributed by atoms with Crippen LogP contribution in [-0.2, 0) is 0 Å². The molecule has 1 aliphatic heterocycles. The molecule has 2 fully saturated rings. The second-order valence-corrected chi connectivity index (χ2v) is 5.89. The monoisotopic (exact) mass is 267 g/mol. The lowest BCUT2D eigenvalue weighted by Crippen LogP contribution is -2.45. The van der Waals surface area contributed by atoms with Gasteiger partial charge in [-0.2, -0.15) is 0 Å². The lowest BCUT2D eigenvalue weighted by Gasteiger charge is -2.31. The lowest BCUT2D eigenvalue weighted by molar-refractivity contribution is 0.157. The molecule has 0 atom stereocenters. The number of hydrogen-bond acceptors (Lipinski definition) is 3. The Morgan fingerprint density at radius 1 is 1.16 bits per heavy atom. The van der Waals surface area contributed by atoms with Crippen LogP contribution in [0.1, 0.15) is 32.1 Å². The predicted octanol–water partition coefficient (Wildman–Crippen LogP) is 0.471. The van der Waals surface area contributed by atoms with Gasteiger partial charge in [-0.1, -0.05) is 19.3 Å². The van der Waals surface area contributed by atoms with Gasteiger partial charge in [-0.25, -0.2) is 0 Å². The van der Waals surface area contributed by atoms with E-state index in [9.17, 15) is 0 Å². The van der Waals surface area contributed by atoms with Crippen LogP contribution in [0, 0.1) is 0 Å². The zero-order chi connectivity index (χ0) is 13.5. The van der Waals surface area contributed by atoms with Crippen LogP contribution in [0.15, 0.2) is 4.99 Å². The molecule has 1 saturated carbocycles. The van der Waals surface area contributed by atoms with Crippen LogP contribution in [-0.4, -0.2) is 68.1 Å². The van der Waals surface area contributed by atoms with Gasteiger partial charge < -0.3 is 16.0 Å². The Bertz CT molecular complexity index is 278. The van der Waals surface area contributed by atoms with E-state index in [0.717, 1.165) is 26.2 Å². The minimum atomic E-state index is 0.557. The fourth-order valence-electron chi connectivity index (χ4n) is 2.89. The van der Waals surface area contributed by atoms with Crippen molar-refractivity contribution >= 4 is 5.96 Å². The Kier molecular flexibility index (Phi) is 5.92. The average molecular weight is 267 g/mol. The third-order valence-electron chi connectivity index (χ3n) is 4.25. The van der Waals surface area contributed by atoms with Crippen molar-refractivity contribution in [3.63, 3.8) is 0 Å². The summed E-state index contributed by atoms with van der Waals surface area (Å²) in [6.45, 7) is 6.49. The molecule has 19 heavy (non-hydrogen) atoms. The molecular weight excluding hydrogens is 238 g/mol. The van der Waals surface area contributed by atoms with E-state index in [1.54, 1.807) is 0 Å². The minimum Gasteiger partial charge on any atom is -0.370 e. The topological polar surface area (TPSA) is 56.9 Å². The van der Waals surface area contributed by atoms with Crippen LogP contribution < -0.4 is 11.1 Å². The van der Waals surface area contributed by atoms with Crippen molar-refractivity contribution in [2.45, 2.75) is 38.1 Å². The molecule has 0 bridgehead atoms. The van der Waals surface area contributed by atoms with Crippen LogP contribution in [0.5, 0.6) is 0 Å². The average Bonchev–Trinajstić information content (AvgIpc) is 2.42. The molecule has 0 aromatic rings. The number of nitrogens with two attached hydrogens (primary N) is 1. The van der Waals surface area contributed by atoms with Crippen LogP contribution in [0.4, 0.5) is 0 Å². The van der Waals surface area contributed by atoms with Crippen molar-refractivity contribution < 1.29 is 0 Å². The van der Waals surface area contributed by atoms with Gasteiger partial charge in [-0.15, -0.1) is 0 Å². The molecule has 1 aliphatic carbocycles. The summed E-state index contributed by atoms with van der Waals surface area (Å²) in [4.78, 5) is 9.30. The van der Waals surface area contributed by atoms with E-state index < -0.39 is 0 Å². The van der Waals surface area contributed by atoms with Gasteiger partial charge in [0, 0.05) is 38.8 Å². The summed E-state index contributed by atoms with van der Waals surface area (Å²) in [6, 6.07) is 0.557. The number of nitrogens with one attached hydrogen (secondary N) is 1. The zero-order valence-corrected chi connectivity index (χ0v) is 12.3. The second-order valence-electron chi connectivity index (χ2n) is 5.89. The van der Waals surface area contributed by atoms with Gasteiger partial charge in [0.15, 0.2) is 5.96 Å². The molecule has 2 rings (SSSR count). The highest BCUT2D eigenvalue weighted by Gasteiger charge is 2.14. The molecule has 110 valence electrons. The maximum absolute atomic E-state index is 5.95. The van der Waals surface area contributed by atoms with E-state index >= 15 is 0 Å². The third-order valence-corrected chi connectivity index (χ3v) is 4.25. The number of aliphatic imine (C=N–C) groups is 1. The van der Waals surface area contributed by atoms with Crippen molar-refractivity contribution in [3.05, 3.63) is 0 Å². The second kappa shape index (κ2) is 7.70. The van der Waals surface area contributed by atoms with Crippen molar-refractivity contribution in [1.82, 2.24) is 15.1 Å². The number of guanidine groups is 1. The summed E-state index contributed by atoms with van der Waals surface area (Å²) in [5.41, 5.74) is 5.95. The van der Waals surface area contributed by atoms with E-state index in [0.29, 0.717) is 12.0 Å². The minimum absolute atomic E-state index is 0.557. The molecule has 0 aromatic heterocycles. The summed E-state index contributed by atoms with van der Waals surface area (Å²) in [7, 11) is 2.18. The summed E-state index contributed by atoms with van der Waals surface area (Å²) < 4.78 is 0. The Morgan fingerprint density at radius 2 is 1.84 bits per heavy atom. The van der Waals surface area contributed by atoms with E-state index in [2.05, 4.69) is 27.2 Å². The highest BCUT2D eigenvalue weighted by molar-refractivity contribution is 5.78. The van der Waals surface area contributed by atoms with Crippen LogP contribution >= 0.6 is 0 Å². The number of likely N-dealkylation sites (N-methyl/N-ethyl adjacent to an activating group) is 1. The highest BCUT2D eigenvalue weighted by Crippen LogP contribution is 2.16. The summed E-state index contributed by atoms with van der Waals surface area (Å²) >= 11 is 0. The number of hydrogen-bond donors (Lipinski definition) is 2. The first-order chi connectivity index (χ1) is 9.24. The van der Waals surface area contributed by atoms with Crippen LogP contribution in [0.2, 0.25) is 0 Å². The van der Waals surface area contributed by atoms with Crippen molar-refractivity contribution in [2.24, 2.45) is 10.7 Å². The van der Waals surface area contributed by atoms with E-state index in [1.807, 2.05) is 0 Å². The normalized spacial score (nSPS) is 24.6. The van der Waals surface area contributed by atoms with Crippen molar-refractivity contribution in [3.8, 4) is 0 Å². The standard InChI is InChI=1S/C14H29N5/c1-18-9-11-19(12-10-18)8-7-16-14(15)17-13-5-3-2-4-6-13/h13H,2-12H2,1H3,(H3,15,16,17). The van der Waals surface area contributed by atoms with Gasteiger partial charge >= 0.3 is 0 Å². The van der Waals surface area contributed by atoms with Crippen LogP contribution in [0.25, 0.3) is 0 Å². The molecule has 3 N–H and O–H groups in total. The van der Waals surface area contributed by atoms with E-state index in [4.69, 9.17) is 5.73 Å². The molecule has 1 heterocycles. The Balaban J connectivity index is 1.61. The Labute approximate surface area is 117 Å². The maximum Gasteiger partial charge on any atom is 0.188 e. The summed E-state index contributed by atoms with van der Waals surface area (Å²) in [6.07, 6.45) is 6.51. The SMILES string of the molecule is CN1CCN(CCN=C(N)NC2CCCCC2)CC1. The molecule has 5 nitrogen and oxygen atoms in total. The van der Waals surface area contributed by atoms with Gasteiger partial charge in [0.1, 0.15) is 0 Å². The number of rotatable bonds is 4. The highest BCUT2D eigenvalue weighted by atomic mass is 15.2. The van der Waals surface area contributed by atoms with Gasteiger partial charge in [-0.05, 0) is 19.9 Å². The summed E-state index contributed by atoms with van der Waals surface area (Å²) in [5, 5.41) is 3.36. The maximum atomic E-state index is 5.95. The molecule has 0 spiro atoms. The zero-order valence-electron chi connectivity index (χ0n) is 12.3. The fraction of sp³-hybridized carbons (Fsp3) is 0.929. The van der Waals surface area contributed by atoms with E-state index in [1.165, 1.54) is 45.2 Å². The molecule has 2 aliphatic rings. The number of nitrogens with zero attached hydrogens (tertiary/aromatic N) is 3. The molecule has 1 saturated heterocycles. The fourth-order valence-corrected chi connectivity index (χ4v) is 2.89. The molecule has 5 heteroatoms. The van der Waals surface area contributed by atoms with Crippen LogP contribution in [0.3, 0.4) is 0 Å². The Morgan fingerprint density at radius 3 is 2.53 bits per heavy atom. The van der Waals surface area contributed by atoms with Crippen molar-refractivity contribution in [1.29, 1.82) is 0 Å². The Hall–Kier alpha value is -0.810. The first-order valence-electron chi connectivity index (χ1n) is 7.71. The third kappa shape index (κ3) is 5.37. The van der Waals surface area contributed by atoms with E-state index in [-0.39, 0.29) is 0 Å². The largest absolute Gasteiger partial charge is 0.370 e. The lowest BCUT2D eigenvalue weighted by atomic mass is 9.96. The quantitative estimate of drug-likeness (QED) is 0.574. The number of piperazine rings is 1. The first-order valence-corrected chi connectivity index (χ1v) is 7.71. The van der Waals surface area contributed by atoms with Gasteiger partial charge in [0.05, 0.1) is 6.54 Å². The molecule has 0 unspecified atom stereocenters. The molecule has 0 radical (unpaired) electrons. The summed E-state index contributed by atoms with van der Waals surface area (Å²) in [5.74, 6) is 0.640. The van der Waals surface area contributed by atoms with Gasteiger partial charge in [0.2, 0.25) is 0 Å². The van der Waals surface area contributed by atoms with Gasteiger partial charge in [-0.3, -0.25) is 9.89 Å².